The molecule has 0 aromatic heterocycles. The predicted octanol–water partition coefficient (Wildman–Crippen LogP) is 5.55. The summed E-state index contributed by atoms with van der Waals surface area (Å²) in [6.45, 7) is 4.15. The first kappa shape index (κ1) is 14.1. The minimum atomic E-state index is 0.661. The number of rotatable bonds is 0. The molecule has 2 heterocycles. The Bertz CT molecular complexity index is 1040. The van der Waals surface area contributed by atoms with Crippen LogP contribution >= 0.6 is 0 Å². The van der Waals surface area contributed by atoms with E-state index in [1.54, 1.807) is 0 Å². The number of ether oxygens (including phenoxy) is 2. The Balaban J connectivity index is 1.83. The van der Waals surface area contributed by atoms with Crippen molar-refractivity contribution < 1.29 is 9.47 Å². The molecule has 0 saturated carbocycles. The molecule has 0 unspecified atom stereocenters. The topological polar surface area (TPSA) is 18.5 Å². The molecule has 2 nitrogen and oxygen atoms in total. The maximum atomic E-state index is 6.36. The lowest BCUT2D eigenvalue weighted by molar-refractivity contribution is 0.481. The third-order valence-electron chi connectivity index (χ3n) is 4.74. The van der Waals surface area contributed by atoms with E-state index in [0.717, 1.165) is 40.4 Å². The van der Waals surface area contributed by atoms with E-state index in [-0.39, 0.29) is 0 Å². The van der Waals surface area contributed by atoms with Gasteiger partial charge < -0.3 is 9.47 Å². The van der Waals surface area contributed by atoms with E-state index >= 15 is 0 Å². The first-order valence-electron chi connectivity index (χ1n) is 8.36. The quantitative estimate of drug-likeness (QED) is 0.539. The van der Waals surface area contributed by atoms with Gasteiger partial charge in [-0.2, -0.15) is 0 Å². The summed E-state index contributed by atoms with van der Waals surface area (Å²) in [6.07, 6.45) is 0.824. The number of fused-ring (bicyclic) bond motifs is 5. The summed E-state index contributed by atoms with van der Waals surface area (Å²) in [5, 5.41) is 0. The number of hydrogen-bond donors (Lipinski definition) is 0. The van der Waals surface area contributed by atoms with Gasteiger partial charge in [0, 0.05) is 17.6 Å². The zero-order valence-electron chi connectivity index (χ0n) is 13.7. The molecule has 120 valence electrons. The minimum absolute atomic E-state index is 0.661. The molecular formula is C23H16O2. The largest absolute Gasteiger partial charge is 0.457 e. The maximum absolute atomic E-state index is 6.36. The highest BCUT2D eigenvalue weighted by molar-refractivity contribution is 5.96. The molecule has 0 spiro atoms. The van der Waals surface area contributed by atoms with Gasteiger partial charge in [0.2, 0.25) is 0 Å². The molecule has 2 aliphatic heterocycles. The smallest absolute Gasteiger partial charge is 0.142 e. The lowest BCUT2D eigenvalue weighted by atomic mass is 9.88. The summed E-state index contributed by atoms with van der Waals surface area (Å²) in [7, 11) is 0. The third kappa shape index (κ3) is 2.18. The van der Waals surface area contributed by atoms with Crippen LogP contribution in [0.15, 0.2) is 79.4 Å². The van der Waals surface area contributed by atoms with Gasteiger partial charge in [-0.15, -0.1) is 0 Å². The van der Waals surface area contributed by atoms with Crippen molar-refractivity contribution in [3.8, 4) is 11.5 Å². The van der Waals surface area contributed by atoms with Gasteiger partial charge in [0.25, 0.3) is 0 Å². The first-order chi connectivity index (χ1) is 12.3. The molecule has 3 aromatic carbocycles. The molecule has 0 atom stereocenters. The maximum Gasteiger partial charge on any atom is 0.142 e. The van der Waals surface area contributed by atoms with Crippen molar-refractivity contribution >= 4 is 17.1 Å². The van der Waals surface area contributed by atoms with E-state index in [4.69, 9.17) is 9.47 Å². The molecule has 2 aliphatic rings. The Morgan fingerprint density at radius 2 is 1.28 bits per heavy atom. The Morgan fingerprint density at radius 3 is 2.12 bits per heavy atom. The lowest BCUT2D eigenvalue weighted by Gasteiger charge is -2.28. The van der Waals surface area contributed by atoms with Gasteiger partial charge in [0.1, 0.15) is 23.0 Å². The van der Waals surface area contributed by atoms with E-state index in [1.807, 2.05) is 48.5 Å². The summed E-state index contributed by atoms with van der Waals surface area (Å²) in [5.41, 5.74) is 5.45. The molecule has 0 aliphatic carbocycles. The van der Waals surface area contributed by atoms with Crippen molar-refractivity contribution in [3.05, 3.63) is 102 Å². The molecular weight excluding hydrogens is 308 g/mol. The van der Waals surface area contributed by atoms with Gasteiger partial charge >= 0.3 is 0 Å². The summed E-state index contributed by atoms with van der Waals surface area (Å²) in [4.78, 5) is 0. The van der Waals surface area contributed by atoms with Crippen molar-refractivity contribution in [2.45, 2.75) is 6.42 Å². The van der Waals surface area contributed by atoms with Gasteiger partial charge in [0.15, 0.2) is 0 Å². The van der Waals surface area contributed by atoms with Crippen LogP contribution in [-0.4, -0.2) is 0 Å². The van der Waals surface area contributed by atoms with Gasteiger partial charge in [0.05, 0.1) is 5.56 Å². The monoisotopic (exact) mass is 324 g/mol. The van der Waals surface area contributed by atoms with Crippen LogP contribution in [-0.2, 0) is 6.42 Å². The van der Waals surface area contributed by atoms with Crippen LogP contribution in [0.2, 0.25) is 0 Å². The highest BCUT2D eigenvalue weighted by atomic mass is 16.5. The average Bonchev–Trinajstić information content (AvgIpc) is 2.66. The van der Waals surface area contributed by atoms with Gasteiger partial charge in [-0.3, -0.25) is 0 Å². The first-order valence-corrected chi connectivity index (χ1v) is 8.36. The molecule has 0 radical (unpaired) electrons. The molecule has 0 bridgehead atoms. The van der Waals surface area contributed by atoms with Crippen LogP contribution in [0.25, 0.3) is 17.1 Å². The molecule has 0 N–H and O–H groups in total. The predicted molar refractivity (Wildman–Crippen MR) is 100 cm³/mol. The van der Waals surface area contributed by atoms with E-state index < -0.39 is 0 Å². The van der Waals surface area contributed by atoms with Gasteiger partial charge in [-0.25, -0.2) is 0 Å². The van der Waals surface area contributed by atoms with Crippen molar-refractivity contribution in [2.75, 3.05) is 0 Å². The molecule has 5 rings (SSSR count). The summed E-state index contributed by atoms with van der Waals surface area (Å²) in [5.74, 6) is 3.21. The van der Waals surface area contributed by atoms with E-state index in [1.165, 1.54) is 11.1 Å². The number of hydrogen-bond acceptors (Lipinski definition) is 2. The molecule has 3 aromatic rings. The summed E-state index contributed by atoms with van der Waals surface area (Å²) in [6, 6.07) is 24.4. The highest BCUT2D eigenvalue weighted by Crippen LogP contribution is 2.45. The third-order valence-corrected chi connectivity index (χ3v) is 4.74. The average molecular weight is 324 g/mol. The Labute approximate surface area is 146 Å². The van der Waals surface area contributed by atoms with Crippen molar-refractivity contribution in [2.24, 2.45) is 0 Å². The molecule has 0 fully saturated rings. The van der Waals surface area contributed by atoms with Gasteiger partial charge in [-0.1, -0.05) is 61.2 Å². The SMILES string of the molecule is C=C1Oc2ccccc2C2=C(Cc3ccccc3O2)c2ccccc21. The Morgan fingerprint density at radius 1 is 0.640 bits per heavy atom. The molecule has 25 heavy (non-hydrogen) atoms. The zero-order valence-corrected chi connectivity index (χ0v) is 13.7. The number of benzene rings is 3. The normalized spacial score (nSPS) is 14.8. The standard InChI is InChI=1S/C23H16O2/c1-15-17-9-3-4-10-18(17)20-14-16-8-2-6-12-21(16)25-23(20)19-11-5-7-13-22(19)24-15/h2-13H,1,14H2. The second kappa shape index (κ2) is 5.38. The van der Waals surface area contributed by atoms with Crippen molar-refractivity contribution in [1.29, 1.82) is 0 Å². The fourth-order valence-electron chi connectivity index (χ4n) is 3.55. The van der Waals surface area contributed by atoms with Crippen LogP contribution in [0.4, 0.5) is 0 Å². The van der Waals surface area contributed by atoms with Crippen LogP contribution < -0.4 is 9.47 Å². The highest BCUT2D eigenvalue weighted by Gasteiger charge is 2.28. The molecule has 2 heteroatoms. The second-order valence-electron chi connectivity index (χ2n) is 6.26. The number of para-hydroxylation sites is 2. The van der Waals surface area contributed by atoms with Crippen molar-refractivity contribution in [1.82, 2.24) is 0 Å². The molecule has 0 amide bonds. The van der Waals surface area contributed by atoms with Crippen LogP contribution in [0, 0.1) is 0 Å². The Hall–Kier alpha value is -3.26. The van der Waals surface area contributed by atoms with Crippen LogP contribution in [0.3, 0.4) is 0 Å². The van der Waals surface area contributed by atoms with Crippen molar-refractivity contribution in [3.63, 3.8) is 0 Å². The fourth-order valence-corrected chi connectivity index (χ4v) is 3.55. The minimum Gasteiger partial charge on any atom is -0.457 e. The van der Waals surface area contributed by atoms with Crippen LogP contribution in [0.5, 0.6) is 11.5 Å². The summed E-state index contributed by atoms with van der Waals surface area (Å²) >= 11 is 0. The number of allylic oxidation sites excluding steroid dienone is 1. The summed E-state index contributed by atoms with van der Waals surface area (Å²) < 4.78 is 12.5. The van der Waals surface area contributed by atoms with Crippen LogP contribution in [0.1, 0.15) is 22.3 Å². The lowest BCUT2D eigenvalue weighted by Crippen LogP contribution is -2.13. The fraction of sp³-hybridized carbons (Fsp3) is 0.0435. The van der Waals surface area contributed by atoms with Gasteiger partial charge in [-0.05, 0) is 29.3 Å². The van der Waals surface area contributed by atoms with E-state index in [9.17, 15) is 0 Å². The zero-order chi connectivity index (χ0) is 16.8. The van der Waals surface area contributed by atoms with E-state index in [0.29, 0.717) is 5.76 Å². The Kier molecular flexibility index (Phi) is 3.04. The molecule has 0 saturated heterocycles. The second-order valence-corrected chi connectivity index (χ2v) is 6.26. The van der Waals surface area contributed by atoms with E-state index in [2.05, 4.69) is 30.8 Å².